The third-order valence-corrected chi connectivity index (χ3v) is 10.1. The standard InChI is InChI=1S/C48H36F8N2O4/c1-59-18-20-61-37-8-6-31(25-33(37)39-45(53)41(49)35(42(50)46(39)54)22-27-10-14-57-15-11-27)29-4-3-5-30(24-29)32-7-9-38(62-21-19-60-2)34(26-32)40-47(55)43(51)36(44(52)48(40)56)23-28-12-16-58-17-13-28/h3-17,24-26H,18-23H2,1-2H3. The summed E-state index contributed by atoms with van der Waals surface area (Å²) >= 11 is 0. The van der Waals surface area contributed by atoms with Crippen LogP contribution in [0, 0.1) is 46.5 Å². The molecule has 0 atom stereocenters. The summed E-state index contributed by atoms with van der Waals surface area (Å²) in [7, 11) is 2.84. The predicted molar refractivity (Wildman–Crippen MR) is 217 cm³/mol. The van der Waals surface area contributed by atoms with Crippen LogP contribution in [0.25, 0.3) is 44.5 Å². The number of benzene rings is 5. The number of rotatable bonds is 16. The highest BCUT2D eigenvalue weighted by atomic mass is 19.2. The Morgan fingerprint density at radius 1 is 0.403 bits per heavy atom. The fraction of sp³-hybridized carbons (Fsp3) is 0.167. The van der Waals surface area contributed by atoms with Crippen molar-refractivity contribution in [1.29, 1.82) is 0 Å². The molecule has 0 aliphatic rings. The van der Waals surface area contributed by atoms with Crippen LogP contribution in [0.15, 0.2) is 110 Å². The van der Waals surface area contributed by atoms with Gasteiger partial charge in [0.1, 0.15) is 24.7 Å². The van der Waals surface area contributed by atoms with Crippen LogP contribution in [-0.4, -0.2) is 50.6 Å². The number of ether oxygens (including phenoxy) is 4. The Bertz CT molecular complexity index is 2480. The Kier molecular flexibility index (Phi) is 13.6. The van der Waals surface area contributed by atoms with Crippen molar-refractivity contribution < 1.29 is 54.1 Å². The predicted octanol–water partition coefficient (Wildman–Crippen LogP) is 11.5. The molecule has 0 saturated carbocycles. The topological polar surface area (TPSA) is 62.7 Å². The molecular formula is C48H36F8N2O4. The van der Waals surface area contributed by atoms with E-state index in [2.05, 4.69) is 9.97 Å². The number of nitrogens with zero attached hydrogens (tertiary/aromatic N) is 2. The minimum atomic E-state index is -1.63. The average Bonchev–Trinajstić information content (AvgIpc) is 3.29. The van der Waals surface area contributed by atoms with Crippen molar-refractivity contribution in [3.05, 3.63) is 179 Å². The summed E-state index contributed by atoms with van der Waals surface area (Å²) in [5.41, 5.74) is -1.92. The molecule has 0 unspecified atom stereocenters. The number of methoxy groups -OCH3 is 2. The van der Waals surface area contributed by atoms with Crippen molar-refractivity contribution in [3.63, 3.8) is 0 Å². The molecule has 7 aromatic rings. The lowest BCUT2D eigenvalue weighted by Gasteiger charge is -2.18. The summed E-state index contributed by atoms with van der Waals surface area (Å²) in [5.74, 6) is -13.0. The number of pyridine rings is 2. The van der Waals surface area contributed by atoms with Crippen molar-refractivity contribution in [2.75, 3.05) is 40.6 Å². The monoisotopic (exact) mass is 856 g/mol. The average molecular weight is 857 g/mol. The van der Waals surface area contributed by atoms with Gasteiger partial charge in [0, 0.05) is 74.1 Å². The van der Waals surface area contributed by atoms with Crippen molar-refractivity contribution in [2.24, 2.45) is 0 Å². The fourth-order valence-corrected chi connectivity index (χ4v) is 6.96. The van der Waals surface area contributed by atoms with Crippen molar-refractivity contribution in [3.8, 4) is 56.0 Å². The van der Waals surface area contributed by atoms with Crippen LogP contribution in [0.3, 0.4) is 0 Å². The van der Waals surface area contributed by atoms with E-state index < -0.39 is 81.6 Å². The number of hydrogen-bond donors (Lipinski definition) is 0. The van der Waals surface area contributed by atoms with Gasteiger partial charge in [0.05, 0.1) is 24.3 Å². The Morgan fingerprint density at radius 2 is 0.758 bits per heavy atom. The van der Waals surface area contributed by atoms with E-state index in [0.717, 1.165) is 0 Å². The molecule has 6 nitrogen and oxygen atoms in total. The zero-order valence-electron chi connectivity index (χ0n) is 33.2. The molecule has 2 heterocycles. The highest BCUT2D eigenvalue weighted by Crippen LogP contribution is 2.43. The first-order valence-electron chi connectivity index (χ1n) is 19.1. The first-order valence-corrected chi connectivity index (χ1v) is 19.1. The van der Waals surface area contributed by atoms with Crippen molar-refractivity contribution >= 4 is 0 Å². The van der Waals surface area contributed by atoms with Crippen LogP contribution in [-0.2, 0) is 22.3 Å². The fourth-order valence-electron chi connectivity index (χ4n) is 6.96. The molecule has 0 fully saturated rings. The Balaban J connectivity index is 1.31. The molecule has 62 heavy (non-hydrogen) atoms. The van der Waals surface area contributed by atoms with Gasteiger partial charge in [0.15, 0.2) is 46.5 Å². The van der Waals surface area contributed by atoms with Gasteiger partial charge in [0.25, 0.3) is 0 Å². The van der Waals surface area contributed by atoms with E-state index in [1.807, 2.05) is 0 Å². The summed E-state index contributed by atoms with van der Waals surface area (Å²) in [6, 6.07) is 20.9. The molecule has 0 spiro atoms. The molecular weight excluding hydrogens is 821 g/mol. The maximum atomic E-state index is 16.0. The highest BCUT2D eigenvalue weighted by molar-refractivity contribution is 5.83. The third-order valence-electron chi connectivity index (χ3n) is 10.1. The van der Waals surface area contributed by atoms with Gasteiger partial charge in [-0.15, -0.1) is 0 Å². The lowest BCUT2D eigenvalue weighted by Crippen LogP contribution is -2.09. The SMILES string of the molecule is COCCOc1ccc(-c2cccc(-c3ccc(OCCOC)c(-c4c(F)c(F)c(Cc5ccncc5)c(F)c4F)c3)c2)cc1-c1c(F)c(F)c(Cc2ccncc2)c(F)c1F. The smallest absolute Gasteiger partial charge is 0.170 e. The lowest BCUT2D eigenvalue weighted by atomic mass is 9.92. The molecule has 0 aliphatic carbocycles. The van der Waals surface area contributed by atoms with Gasteiger partial charge in [0.2, 0.25) is 0 Å². The third kappa shape index (κ3) is 9.02. The van der Waals surface area contributed by atoms with Gasteiger partial charge in [-0.1, -0.05) is 30.3 Å². The molecule has 2 aromatic heterocycles. The molecule has 0 N–H and O–H groups in total. The van der Waals surface area contributed by atoms with Crippen LogP contribution in [0.1, 0.15) is 22.3 Å². The second-order valence-corrected chi connectivity index (χ2v) is 14.0. The zero-order chi connectivity index (χ0) is 43.9. The van der Waals surface area contributed by atoms with Crippen LogP contribution in [0.5, 0.6) is 11.5 Å². The molecule has 0 aliphatic heterocycles. The van der Waals surface area contributed by atoms with Gasteiger partial charge >= 0.3 is 0 Å². The van der Waals surface area contributed by atoms with E-state index in [1.165, 1.54) is 87.5 Å². The summed E-state index contributed by atoms with van der Waals surface area (Å²) in [6.45, 7) is 0.0386. The molecule has 0 amide bonds. The molecule has 14 heteroatoms. The van der Waals surface area contributed by atoms with Gasteiger partial charge in [-0.25, -0.2) is 35.1 Å². The van der Waals surface area contributed by atoms with E-state index in [9.17, 15) is 0 Å². The zero-order valence-corrected chi connectivity index (χ0v) is 33.2. The molecule has 7 rings (SSSR count). The molecule has 0 saturated heterocycles. The number of hydrogen-bond acceptors (Lipinski definition) is 6. The minimum absolute atomic E-state index is 0.0668. The van der Waals surface area contributed by atoms with E-state index in [1.54, 1.807) is 36.4 Å². The van der Waals surface area contributed by atoms with Gasteiger partial charge in [-0.3, -0.25) is 9.97 Å². The van der Waals surface area contributed by atoms with Crippen LogP contribution >= 0.6 is 0 Å². The Morgan fingerprint density at radius 3 is 1.11 bits per heavy atom. The number of halogens is 8. The van der Waals surface area contributed by atoms with E-state index in [4.69, 9.17) is 18.9 Å². The van der Waals surface area contributed by atoms with E-state index >= 15 is 35.1 Å². The van der Waals surface area contributed by atoms with Crippen molar-refractivity contribution in [2.45, 2.75) is 12.8 Å². The normalized spacial score (nSPS) is 11.3. The summed E-state index contributed by atoms with van der Waals surface area (Å²) in [5, 5.41) is 0. The second-order valence-electron chi connectivity index (χ2n) is 14.0. The van der Waals surface area contributed by atoms with Crippen LogP contribution < -0.4 is 9.47 Å². The van der Waals surface area contributed by atoms with Gasteiger partial charge in [-0.05, 0) is 88.0 Å². The molecule has 5 aromatic carbocycles. The Labute approximate surface area is 351 Å². The highest BCUT2D eigenvalue weighted by Gasteiger charge is 2.30. The van der Waals surface area contributed by atoms with E-state index in [0.29, 0.717) is 33.4 Å². The second kappa shape index (κ2) is 19.4. The summed E-state index contributed by atoms with van der Waals surface area (Å²) in [6.07, 6.45) is 4.65. The first-order chi connectivity index (χ1) is 30.0. The molecule has 318 valence electrons. The summed E-state index contributed by atoms with van der Waals surface area (Å²) < 4.78 is 148. The largest absolute Gasteiger partial charge is 0.491 e. The minimum Gasteiger partial charge on any atom is -0.491 e. The number of aromatic nitrogens is 2. The van der Waals surface area contributed by atoms with Crippen molar-refractivity contribution in [1.82, 2.24) is 9.97 Å². The van der Waals surface area contributed by atoms with Crippen LogP contribution in [0.2, 0.25) is 0 Å². The van der Waals surface area contributed by atoms with Crippen LogP contribution in [0.4, 0.5) is 35.1 Å². The molecule has 0 bridgehead atoms. The Hall–Kier alpha value is -6.64. The first kappa shape index (κ1) is 43.4. The van der Waals surface area contributed by atoms with Gasteiger partial charge in [-0.2, -0.15) is 0 Å². The van der Waals surface area contributed by atoms with Gasteiger partial charge < -0.3 is 18.9 Å². The summed E-state index contributed by atoms with van der Waals surface area (Å²) in [4.78, 5) is 7.71. The quantitative estimate of drug-likeness (QED) is 0.0548. The lowest BCUT2D eigenvalue weighted by molar-refractivity contribution is 0.146. The maximum Gasteiger partial charge on any atom is 0.170 e. The molecule has 0 radical (unpaired) electrons. The maximum absolute atomic E-state index is 16.0. The van der Waals surface area contributed by atoms with E-state index in [-0.39, 0.29) is 49.1 Å².